The van der Waals surface area contributed by atoms with Crippen molar-refractivity contribution in [3.8, 4) is 0 Å². The molecule has 0 unspecified atom stereocenters. The molecule has 3 amide bonds. The minimum atomic E-state index is -1.70. The lowest BCUT2D eigenvalue weighted by molar-refractivity contribution is -0.115. The highest BCUT2D eigenvalue weighted by Gasteiger charge is 2.18. The lowest BCUT2D eigenvalue weighted by Gasteiger charge is -2.16. The molecule has 27 heavy (non-hydrogen) atoms. The molecule has 0 spiro atoms. The number of halogens is 3. The number of amides is 3. The summed E-state index contributed by atoms with van der Waals surface area (Å²) in [6.07, 6.45) is 0. The molecule has 0 saturated carbocycles. The molecule has 1 heterocycles. The van der Waals surface area contributed by atoms with Crippen LogP contribution in [0.15, 0.2) is 35.2 Å². The molecule has 0 bridgehead atoms. The third-order valence-corrected chi connectivity index (χ3v) is 4.67. The van der Waals surface area contributed by atoms with Gasteiger partial charge in [-0.3, -0.25) is 14.4 Å². The van der Waals surface area contributed by atoms with Crippen molar-refractivity contribution in [2.45, 2.75) is 4.90 Å². The number of fused-ring (bicyclic) bond motifs is 1. The second-order valence-corrected chi connectivity index (χ2v) is 6.52. The molecule has 2 aromatic carbocycles. The minimum Gasteiger partial charge on any atom is -0.343 e. The zero-order valence-corrected chi connectivity index (χ0v) is 14.4. The largest absolute Gasteiger partial charge is 0.343 e. The Bertz CT molecular complexity index is 953. The number of hydrogen-bond donors (Lipinski definition) is 3. The van der Waals surface area contributed by atoms with E-state index in [9.17, 15) is 27.6 Å². The van der Waals surface area contributed by atoms with E-state index < -0.39 is 41.5 Å². The summed E-state index contributed by atoms with van der Waals surface area (Å²) in [5.41, 5.74) is 0.169. The van der Waals surface area contributed by atoms with Gasteiger partial charge in [-0.05, 0) is 30.3 Å². The van der Waals surface area contributed by atoms with Crippen LogP contribution in [0.5, 0.6) is 0 Å². The second kappa shape index (κ2) is 7.70. The predicted octanol–water partition coefficient (Wildman–Crippen LogP) is 2.52. The van der Waals surface area contributed by atoms with Gasteiger partial charge in [0.2, 0.25) is 11.8 Å². The normalized spacial score (nSPS) is 12.8. The van der Waals surface area contributed by atoms with Gasteiger partial charge in [0.15, 0.2) is 17.5 Å². The van der Waals surface area contributed by atoms with Crippen molar-refractivity contribution in [3.05, 3.63) is 53.3 Å². The van der Waals surface area contributed by atoms with Gasteiger partial charge in [-0.15, -0.1) is 11.8 Å². The molecule has 0 radical (unpaired) electrons. The molecule has 0 atom stereocenters. The summed E-state index contributed by atoms with van der Waals surface area (Å²) in [6, 6.07) is 6.22. The second-order valence-electron chi connectivity index (χ2n) is 5.50. The molecule has 10 heteroatoms. The van der Waals surface area contributed by atoms with Gasteiger partial charge in [0.05, 0.1) is 23.7 Å². The maximum Gasteiger partial charge on any atom is 0.251 e. The van der Waals surface area contributed by atoms with E-state index in [0.717, 1.165) is 11.0 Å². The molecule has 1 aliphatic rings. The predicted molar refractivity (Wildman–Crippen MR) is 93.1 cm³/mol. The summed E-state index contributed by atoms with van der Waals surface area (Å²) in [5.74, 6) is -5.92. The van der Waals surface area contributed by atoms with Crippen molar-refractivity contribution < 1.29 is 27.6 Å². The summed E-state index contributed by atoms with van der Waals surface area (Å²) in [5, 5.41) is 7.01. The maximum absolute atomic E-state index is 13.5. The molecule has 140 valence electrons. The van der Waals surface area contributed by atoms with Crippen LogP contribution in [0.2, 0.25) is 0 Å². The fourth-order valence-electron chi connectivity index (χ4n) is 2.30. The highest BCUT2D eigenvalue weighted by molar-refractivity contribution is 8.00. The van der Waals surface area contributed by atoms with E-state index in [2.05, 4.69) is 10.6 Å². The fourth-order valence-corrected chi connectivity index (χ4v) is 3.09. The van der Waals surface area contributed by atoms with Gasteiger partial charge >= 0.3 is 0 Å². The van der Waals surface area contributed by atoms with Crippen LogP contribution in [0.3, 0.4) is 0 Å². The van der Waals surface area contributed by atoms with Crippen LogP contribution in [0.25, 0.3) is 0 Å². The number of rotatable bonds is 4. The van der Waals surface area contributed by atoms with E-state index in [0.29, 0.717) is 17.5 Å². The number of carbonyl (C=O) groups is 3. The average Bonchev–Trinajstić information content (AvgIpc) is 2.66. The number of carbonyl (C=O) groups excluding carboxylic acids is 3. The van der Waals surface area contributed by atoms with Gasteiger partial charge in [-0.2, -0.15) is 0 Å². The summed E-state index contributed by atoms with van der Waals surface area (Å²) in [6.45, 7) is -0.518. The molecule has 3 N–H and O–H groups in total. The summed E-state index contributed by atoms with van der Waals surface area (Å²) >= 11 is 1.34. The number of thioether (sulfide) groups is 1. The van der Waals surface area contributed by atoms with E-state index in [1.807, 2.05) is 5.32 Å². The Morgan fingerprint density at radius 1 is 1.11 bits per heavy atom. The lowest BCUT2D eigenvalue weighted by Crippen LogP contribution is -2.33. The quantitative estimate of drug-likeness (QED) is 0.695. The van der Waals surface area contributed by atoms with Gasteiger partial charge < -0.3 is 16.0 Å². The van der Waals surface area contributed by atoms with Crippen LogP contribution in [0.4, 0.5) is 24.5 Å². The first kappa shape index (κ1) is 18.8. The van der Waals surface area contributed by atoms with Gasteiger partial charge in [-0.25, -0.2) is 13.2 Å². The number of anilines is 2. The lowest BCUT2D eigenvalue weighted by atomic mass is 10.2. The van der Waals surface area contributed by atoms with E-state index >= 15 is 0 Å². The minimum absolute atomic E-state index is 0.182. The fraction of sp³-hybridized carbons (Fsp3) is 0.118. The third-order valence-electron chi connectivity index (χ3n) is 3.59. The Morgan fingerprint density at radius 2 is 1.89 bits per heavy atom. The van der Waals surface area contributed by atoms with Crippen molar-refractivity contribution in [1.82, 2.24) is 5.32 Å². The molecule has 2 aromatic rings. The third kappa shape index (κ3) is 4.22. The number of benzene rings is 2. The van der Waals surface area contributed by atoms with Crippen LogP contribution < -0.4 is 16.0 Å². The standard InChI is InChI=1S/C17H12F3N3O3S/c18-9-2-3-10(16(20)15(9)19)22-13(24)6-21-17(26)8-1-4-12-11(5-8)23-14(25)7-27-12/h1-5H,6-7H2,(H,21,26)(H,22,24)(H,23,25). The van der Waals surface area contributed by atoms with Crippen LogP contribution in [-0.4, -0.2) is 30.0 Å². The SMILES string of the molecule is O=C1CSc2ccc(C(=O)NCC(=O)Nc3ccc(F)c(F)c3F)cc2N1. The summed E-state index contributed by atoms with van der Waals surface area (Å²) < 4.78 is 39.5. The first-order valence-corrected chi connectivity index (χ1v) is 8.62. The average molecular weight is 395 g/mol. The first-order chi connectivity index (χ1) is 12.8. The van der Waals surface area contributed by atoms with Crippen molar-refractivity contribution in [1.29, 1.82) is 0 Å². The van der Waals surface area contributed by atoms with E-state index in [1.54, 1.807) is 6.07 Å². The smallest absolute Gasteiger partial charge is 0.251 e. The van der Waals surface area contributed by atoms with E-state index in [-0.39, 0.29) is 11.5 Å². The van der Waals surface area contributed by atoms with Crippen LogP contribution in [0, 0.1) is 17.5 Å². The Labute approximate surface area is 155 Å². The Balaban J connectivity index is 1.61. The molecule has 3 rings (SSSR count). The van der Waals surface area contributed by atoms with Crippen LogP contribution in [0.1, 0.15) is 10.4 Å². The van der Waals surface area contributed by atoms with E-state index in [4.69, 9.17) is 0 Å². The highest BCUT2D eigenvalue weighted by atomic mass is 32.2. The van der Waals surface area contributed by atoms with Crippen molar-refractivity contribution in [2.24, 2.45) is 0 Å². The van der Waals surface area contributed by atoms with Gasteiger partial charge in [0.1, 0.15) is 0 Å². The summed E-state index contributed by atoms with van der Waals surface area (Å²) in [4.78, 5) is 36.2. The zero-order chi connectivity index (χ0) is 19.6. The van der Waals surface area contributed by atoms with Gasteiger partial charge in [0.25, 0.3) is 5.91 Å². The van der Waals surface area contributed by atoms with Crippen molar-refractivity contribution in [3.63, 3.8) is 0 Å². The van der Waals surface area contributed by atoms with Gasteiger partial charge in [0, 0.05) is 10.5 Å². The summed E-state index contributed by atoms with van der Waals surface area (Å²) in [7, 11) is 0. The molecule has 6 nitrogen and oxygen atoms in total. The molecule has 0 fully saturated rings. The molecule has 0 saturated heterocycles. The first-order valence-electron chi connectivity index (χ1n) is 7.63. The number of hydrogen-bond acceptors (Lipinski definition) is 4. The number of nitrogens with one attached hydrogen (secondary N) is 3. The topological polar surface area (TPSA) is 87.3 Å². The van der Waals surface area contributed by atoms with Gasteiger partial charge in [-0.1, -0.05) is 0 Å². The van der Waals surface area contributed by atoms with Crippen molar-refractivity contribution >= 4 is 40.9 Å². The zero-order valence-electron chi connectivity index (χ0n) is 13.6. The molecular formula is C17H12F3N3O3S. The molecule has 0 aromatic heterocycles. The maximum atomic E-state index is 13.5. The van der Waals surface area contributed by atoms with Crippen LogP contribution in [-0.2, 0) is 9.59 Å². The highest BCUT2D eigenvalue weighted by Crippen LogP contribution is 2.31. The van der Waals surface area contributed by atoms with Crippen molar-refractivity contribution in [2.75, 3.05) is 22.9 Å². The van der Waals surface area contributed by atoms with E-state index in [1.165, 1.54) is 23.9 Å². The Kier molecular flexibility index (Phi) is 5.36. The van der Waals surface area contributed by atoms with Crippen LogP contribution >= 0.6 is 11.8 Å². The molecule has 0 aliphatic carbocycles. The molecular weight excluding hydrogens is 383 g/mol. The Hall–Kier alpha value is -3.01. The monoisotopic (exact) mass is 395 g/mol. The molecule has 1 aliphatic heterocycles. The Morgan fingerprint density at radius 3 is 2.67 bits per heavy atom.